The van der Waals surface area contributed by atoms with E-state index in [1.165, 1.54) is 7.11 Å². The van der Waals surface area contributed by atoms with Gasteiger partial charge >= 0.3 is 5.97 Å². The van der Waals surface area contributed by atoms with Gasteiger partial charge < -0.3 is 9.64 Å². The first-order valence-corrected chi connectivity index (χ1v) is 5.73. The molecule has 16 heavy (non-hydrogen) atoms. The summed E-state index contributed by atoms with van der Waals surface area (Å²) in [6, 6.07) is 0. The first-order valence-electron chi connectivity index (χ1n) is 5.73. The van der Waals surface area contributed by atoms with Crippen molar-refractivity contribution < 1.29 is 14.3 Å². The molecule has 0 atom stereocenters. The fourth-order valence-electron chi connectivity index (χ4n) is 1.96. The number of carbonyl (C=O) groups is 2. The molecule has 0 unspecified atom stereocenters. The van der Waals surface area contributed by atoms with E-state index < -0.39 is 0 Å². The van der Waals surface area contributed by atoms with Crippen LogP contribution in [0.1, 0.15) is 33.6 Å². The van der Waals surface area contributed by atoms with Gasteiger partial charge in [0.15, 0.2) is 0 Å². The van der Waals surface area contributed by atoms with E-state index in [0.717, 1.165) is 0 Å². The van der Waals surface area contributed by atoms with Gasteiger partial charge in [-0.2, -0.15) is 0 Å². The summed E-state index contributed by atoms with van der Waals surface area (Å²) in [5.74, 6) is -0.0207. The number of nitrogens with zero attached hydrogens (tertiary/aromatic N) is 1. The molecule has 0 spiro atoms. The zero-order valence-corrected chi connectivity index (χ0v) is 10.6. The van der Waals surface area contributed by atoms with Crippen molar-refractivity contribution in [1.82, 2.24) is 4.90 Å². The summed E-state index contributed by atoms with van der Waals surface area (Å²) in [5, 5.41) is 0. The number of likely N-dealkylation sites (tertiary alicyclic amines) is 1. The number of hydrogen-bond acceptors (Lipinski definition) is 3. The zero-order valence-electron chi connectivity index (χ0n) is 10.6. The second-order valence-electron chi connectivity index (χ2n) is 5.34. The van der Waals surface area contributed by atoms with Crippen molar-refractivity contribution in [3.63, 3.8) is 0 Å². The Morgan fingerprint density at radius 3 is 2.06 bits per heavy atom. The van der Waals surface area contributed by atoms with Crippen LogP contribution in [0.3, 0.4) is 0 Å². The highest BCUT2D eigenvalue weighted by Gasteiger charge is 2.32. The first kappa shape index (κ1) is 13.0. The van der Waals surface area contributed by atoms with Gasteiger partial charge in [0.25, 0.3) is 0 Å². The van der Waals surface area contributed by atoms with Crippen LogP contribution in [0, 0.1) is 11.3 Å². The summed E-state index contributed by atoms with van der Waals surface area (Å²) in [6.45, 7) is 7.08. The SMILES string of the molecule is COC(=O)C1CCN(C(=O)C(C)(C)C)CC1. The number of methoxy groups -OCH3 is 1. The molecule has 1 fully saturated rings. The van der Waals surface area contributed by atoms with Crippen molar-refractivity contribution in [3.8, 4) is 0 Å². The summed E-state index contributed by atoms with van der Waals surface area (Å²) < 4.78 is 4.71. The molecule has 0 aliphatic carbocycles. The molecule has 1 heterocycles. The fourth-order valence-corrected chi connectivity index (χ4v) is 1.96. The van der Waals surface area contributed by atoms with Crippen molar-refractivity contribution >= 4 is 11.9 Å². The van der Waals surface area contributed by atoms with Crippen molar-refractivity contribution in [2.75, 3.05) is 20.2 Å². The number of rotatable bonds is 1. The molecule has 92 valence electrons. The minimum absolute atomic E-state index is 0.0333. The van der Waals surface area contributed by atoms with Crippen LogP contribution < -0.4 is 0 Å². The van der Waals surface area contributed by atoms with Crippen LogP contribution in [-0.2, 0) is 14.3 Å². The average Bonchev–Trinajstić information content (AvgIpc) is 2.26. The van der Waals surface area contributed by atoms with E-state index in [1.54, 1.807) is 0 Å². The molecular formula is C12H21NO3. The maximum atomic E-state index is 12.0. The quantitative estimate of drug-likeness (QED) is 0.637. The van der Waals surface area contributed by atoms with Gasteiger partial charge in [-0.3, -0.25) is 9.59 Å². The van der Waals surface area contributed by atoms with E-state index in [-0.39, 0.29) is 23.2 Å². The Morgan fingerprint density at radius 2 is 1.69 bits per heavy atom. The van der Waals surface area contributed by atoms with Crippen molar-refractivity contribution in [1.29, 1.82) is 0 Å². The Balaban J connectivity index is 2.49. The predicted molar refractivity (Wildman–Crippen MR) is 60.8 cm³/mol. The van der Waals surface area contributed by atoms with Crippen molar-refractivity contribution in [3.05, 3.63) is 0 Å². The normalized spacial score (nSPS) is 18.4. The Hall–Kier alpha value is -1.06. The molecule has 0 aromatic rings. The van der Waals surface area contributed by atoms with Crippen LogP contribution in [0.25, 0.3) is 0 Å². The maximum absolute atomic E-state index is 12.0. The lowest BCUT2D eigenvalue weighted by atomic mass is 9.91. The maximum Gasteiger partial charge on any atom is 0.308 e. The molecule has 0 aromatic carbocycles. The lowest BCUT2D eigenvalue weighted by Gasteiger charge is -2.34. The van der Waals surface area contributed by atoms with Crippen LogP contribution in [0.2, 0.25) is 0 Å². The van der Waals surface area contributed by atoms with Crippen molar-refractivity contribution in [2.24, 2.45) is 11.3 Å². The van der Waals surface area contributed by atoms with Gasteiger partial charge in [0.05, 0.1) is 13.0 Å². The molecule has 0 saturated carbocycles. The van der Waals surface area contributed by atoms with E-state index in [2.05, 4.69) is 0 Å². The van der Waals surface area contributed by atoms with E-state index in [0.29, 0.717) is 25.9 Å². The highest BCUT2D eigenvalue weighted by Crippen LogP contribution is 2.23. The highest BCUT2D eigenvalue weighted by atomic mass is 16.5. The first-order chi connectivity index (χ1) is 7.36. The number of esters is 1. The monoisotopic (exact) mass is 227 g/mol. The van der Waals surface area contributed by atoms with Crippen LogP contribution in [0.15, 0.2) is 0 Å². The van der Waals surface area contributed by atoms with E-state index in [1.807, 2.05) is 25.7 Å². The van der Waals surface area contributed by atoms with Gasteiger partial charge in [-0.15, -0.1) is 0 Å². The topological polar surface area (TPSA) is 46.6 Å². The van der Waals surface area contributed by atoms with Gasteiger partial charge in [0.1, 0.15) is 0 Å². The minimum Gasteiger partial charge on any atom is -0.469 e. The van der Waals surface area contributed by atoms with Crippen LogP contribution >= 0.6 is 0 Å². The number of ether oxygens (including phenoxy) is 1. The van der Waals surface area contributed by atoms with Gasteiger partial charge in [0.2, 0.25) is 5.91 Å². The lowest BCUT2D eigenvalue weighted by molar-refractivity contribution is -0.150. The van der Waals surface area contributed by atoms with Gasteiger partial charge in [-0.1, -0.05) is 20.8 Å². The second kappa shape index (κ2) is 4.85. The Morgan fingerprint density at radius 1 is 1.19 bits per heavy atom. The van der Waals surface area contributed by atoms with E-state index >= 15 is 0 Å². The van der Waals surface area contributed by atoms with Crippen LogP contribution in [0.5, 0.6) is 0 Å². The molecule has 1 aliphatic heterocycles. The fraction of sp³-hybridized carbons (Fsp3) is 0.833. The molecule has 1 saturated heterocycles. The van der Waals surface area contributed by atoms with Crippen LogP contribution in [-0.4, -0.2) is 37.0 Å². The van der Waals surface area contributed by atoms with Gasteiger partial charge in [-0.25, -0.2) is 0 Å². The minimum atomic E-state index is -0.335. The van der Waals surface area contributed by atoms with Crippen LogP contribution in [0.4, 0.5) is 0 Å². The standard InChI is InChI=1S/C12H21NO3/c1-12(2,3)11(15)13-7-5-9(6-8-13)10(14)16-4/h9H,5-8H2,1-4H3. The third-order valence-electron chi connectivity index (χ3n) is 2.96. The molecule has 4 nitrogen and oxygen atoms in total. The molecule has 0 bridgehead atoms. The van der Waals surface area contributed by atoms with E-state index in [9.17, 15) is 9.59 Å². The Kier molecular flexibility index (Phi) is 3.94. The van der Waals surface area contributed by atoms with Gasteiger partial charge in [-0.05, 0) is 12.8 Å². The largest absolute Gasteiger partial charge is 0.469 e. The molecule has 0 radical (unpaired) electrons. The summed E-state index contributed by atoms with van der Waals surface area (Å²) >= 11 is 0. The molecule has 1 amide bonds. The lowest BCUT2D eigenvalue weighted by Crippen LogP contribution is -2.45. The molecule has 4 heteroatoms. The summed E-state index contributed by atoms with van der Waals surface area (Å²) in [4.78, 5) is 25.1. The summed E-state index contributed by atoms with van der Waals surface area (Å²) in [6.07, 6.45) is 1.43. The summed E-state index contributed by atoms with van der Waals surface area (Å²) in [7, 11) is 1.41. The van der Waals surface area contributed by atoms with E-state index in [4.69, 9.17) is 4.74 Å². The Labute approximate surface area is 96.9 Å². The predicted octanol–water partition coefficient (Wildman–Crippen LogP) is 1.44. The summed E-state index contributed by atoms with van der Waals surface area (Å²) in [5.41, 5.74) is -0.335. The number of amides is 1. The third-order valence-corrected chi connectivity index (χ3v) is 2.96. The molecular weight excluding hydrogens is 206 g/mol. The molecule has 1 rings (SSSR count). The average molecular weight is 227 g/mol. The van der Waals surface area contributed by atoms with Gasteiger partial charge in [0, 0.05) is 18.5 Å². The second-order valence-corrected chi connectivity index (χ2v) is 5.34. The zero-order chi connectivity index (χ0) is 12.3. The number of piperidine rings is 1. The number of carbonyl (C=O) groups excluding carboxylic acids is 2. The number of hydrogen-bond donors (Lipinski definition) is 0. The Bertz CT molecular complexity index is 272. The third kappa shape index (κ3) is 2.97. The molecule has 1 aliphatic rings. The highest BCUT2D eigenvalue weighted by molar-refractivity contribution is 5.82. The van der Waals surface area contributed by atoms with Crippen molar-refractivity contribution in [2.45, 2.75) is 33.6 Å². The molecule has 0 N–H and O–H groups in total. The smallest absolute Gasteiger partial charge is 0.308 e. The molecule has 0 aromatic heterocycles.